The van der Waals surface area contributed by atoms with Crippen LogP contribution in [0.1, 0.15) is 29.0 Å². The van der Waals surface area contributed by atoms with Crippen LogP contribution in [-0.4, -0.2) is 30.8 Å². The van der Waals surface area contributed by atoms with Crippen molar-refractivity contribution >= 4 is 23.4 Å². The minimum absolute atomic E-state index is 0.0396. The second-order valence-corrected chi connectivity index (χ2v) is 6.17. The van der Waals surface area contributed by atoms with Crippen LogP contribution < -0.4 is 16.0 Å². The highest BCUT2D eigenvalue weighted by atomic mass is 16.3. The third-order valence-corrected chi connectivity index (χ3v) is 4.31. The topological polar surface area (TPSA) is 100 Å². The predicted molar refractivity (Wildman–Crippen MR) is 95.6 cm³/mol. The number of hydrogen-bond donors (Lipinski definition) is 3. The van der Waals surface area contributed by atoms with Crippen LogP contribution in [0.15, 0.2) is 47.1 Å². The van der Waals surface area contributed by atoms with Crippen LogP contribution >= 0.6 is 0 Å². The van der Waals surface area contributed by atoms with Gasteiger partial charge in [-0.25, -0.2) is 0 Å². The molecule has 1 atom stereocenters. The summed E-state index contributed by atoms with van der Waals surface area (Å²) in [4.78, 5) is 35.7. The summed E-state index contributed by atoms with van der Waals surface area (Å²) in [6.07, 6.45) is 2.84. The fourth-order valence-corrected chi connectivity index (χ4v) is 2.91. The number of para-hydroxylation sites is 1. The van der Waals surface area contributed by atoms with Gasteiger partial charge in [0.1, 0.15) is 0 Å². The first-order chi connectivity index (χ1) is 12.6. The number of benzene rings is 1. The van der Waals surface area contributed by atoms with Gasteiger partial charge in [0.25, 0.3) is 5.91 Å². The van der Waals surface area contributed by atoms with Gasteiger partial charge in [-0.3, -0.25) is 14.4 Å². The lowest BCUT2D eigenvalue weighted by molar-refractivity contribution is -0.122. The van der Waals surface area contributed by atoms with E-state index in [0.29, 0.717) is 25.9 Å². The minimum Gasteiger partial charge on any atom is -0.459 e. The molecule has 1 aromatic heterocycles. The first kappa shape index (κ1) is 17.7. The molecule has 3 N–H and O–H groups in total. The maximum absolute atomic E-state index is 12.1. The lowest BCUT2D eigenvalue weighted by atomic mass is 9.89. The molecule has 0 aliphatic carbocycles. The normalized spacial score (nSPS) is 15.7. The number of rotatable bonds is 7. The number of anilines is 1. The van der Waals surface area contributed by atoms with Crippen molar-refractivity contribution in [1.82, 2.24) is 10.6 Å². The first-order valence-corrected chi connectivity index (χ1v) is 8.60. The van der Waals surface area contributed by atoms with Crippen LogP contribution in [-0.2, 0) is 16.0 Å². The molecule has 1 aliphatic rings. The zero-order chi connectivity index (χ0) is 18.4. The molecule has 1 unspecified atom stereocenters. The van der Waals surface area contributed by atoms with Crippen molar-refractivity contribution in [3.05, 3.63) is 54.0 Å². The van der Waals surface area contributed by atoms with E-state index in [1.54, 1.807) is 12.1 Å². The second kappa shape index (κ2) is 8.33. The Balaban J connectivity index is 1.35. The summed E-state index contributed by atoms with van der Waals surface area (Å²) in [5.74, 6) is -0.456. The van der Waals surface area contributed by atoms with Crippen LogP contribution in [0.5, 0.6) is 0 Å². The smallest absolute Gasteiger partial charge is 0.287 e. The maximum Gasteiger partial charge on any atom is 0.287 e. The molecule has 1 aliphatic heterocycles. The van der Waals surface area contributed by atoms with E-state index in [-0.39, 0.29) is 35.8 Å². The molecule has 2 aromatic rings. The molecular weight excluding hydrogens is 334 g/mol. The molecule has 136 valence electrons. The maximum atomic E-state index is 12.1. The number of carbonyl (C=O) groups is 3. The predicted octanol–water partition coefficient (Wildman–Crippen LogP) is 1.72. The van der Waals surface area contributed by atoms with Crippen molar-refractivity contribution in [2.24, 2.45) is 5.92 Å². The highest BCUT2D eigenvalue weighted by Crippen LogP contribution is 2.27. The molecule has 26 heavy (non-hydrogen) atoms. The molecule has 0 fully saturated rings. The molecule has 0 bridgehead atoms. The van der Waals surface area contributed by atoms with Crippen LogP contribution in [0.3, 0.4) is 0 Å². The van der Waals surface area contributed by atoms with E-state index in [2.05, 4.69) is 16.0 Å². The van der Waals surface area contributed by atoms with Gasteiger partial charge in [-0.2, -0.15) is 0 Å². The number of hydrogen-bond acceptors (Lipinski definition) is 4. The van der Waals surface area contributed by atoms with E-state index < -0.39 is 0 Å². The summed E-state index contributed by atoms with van der Waals surface area (Å²) in [5.41, 5.74) is 1.95. The lowest BCUT2D eigenvalue weighted by Gasteiger charge is -2.24. The number of carbonyl (C=O) groups excluding carboxylic acids is 3. The SMILES string of the molecule is O=C(CCC1Cc2ccccc2NC1=O)NCCNC(=O)c1ccco1. The second-order valence-electron chi connectivity index (χ2n) is 6.17. The van der Waals surface area contributed by atoms with Crippen LogP contribution in [0.2, 0.25) is 0 Å². The van der Waals surface area contributed by atoms with E-state index in [0.717, 1.165) is 11.3 Å². The molecule has 0 saturated carbocycles. The van der Waals surface area contributed by atoms with E-state index in [9.17, 15) is 14.4 Å². The summed E-state index contributed by atoms with van der Waals surface area (Å²) in [7, 11) is 0. The summed E-state index contributed by atoms with van der Waals surface area (Å²) in [6.45, 7) is 0.632. The molecule has 1 aromatic carbocycles. The van der Waals surface area contributed by atoms with Crippen molar-refractivity contribution < 1.29 is 18.8 Å². The van der Waals surface area contributed by atoms with Gasteiger partial charge >= 0.3 is 0 Å². The monoisotopic (exact) mass is 355 g/mol. The van der Waals surface area contributed by atoms with Gasteiger partial charge in [0.05, 0.1) is 6.26 Å². The molecule has 2 heterocycles. The van der Waals surface area contributed by atoms with Crippen molar-refractivity contribution in [2.75, 3.05) is 18.4 Å². The van der Waals surface area contributed by atoms with Gasteiger partial charge in [-0.05, 0) is 36.6 Å². The number of amides is 3. The molecular formula is C19H21N3O4. The van der Waals surface area contributed by atoms with Gasteiger partial charge in [0, 0.05) is 31.1 Å². The summed E-state index contributed by atoms with van der Waals surface area (Å²) in [5, 5.41) is 8.28. The summed E-state index contributed by atoms with van der Waals surface area (Å²) < 4.78 is 4.98. The lowest BCUT2D eigenvalue weighted by Crippen LogP contribution is -2.35. The van der Waals surface area contributed by atoms with E-state index in [1.165, 1.54) is 6.26 Å². The largest absolute Gasteiger partial charge is 0.459 e. The fourth-order valence-electron chi connectivity index (χ4n) is 2.91. The van der Waals surface area contributed by atoms with E-state index >= 15 is 0 Å². The van der Waals surface area contributed by atoms with Gasteiger partial charge < -0.3 is 20.4 Å². The average Bonchev–Trinajstić information content (AvgIpc) is 3.18. The molecule has 0 saturated heterocycles. The molecule has 0 radical (unpaired) electrons. The minimum atomic E-state index is -0.318. The van der Waals surface area contributed by atoms with Gasteiger partial charge in [-0.1, -0.05) is 18.2 Å². The summed E-state index contributed by atoms with van der Waals surface area (Å²) >= 11 is 0. The quantitative estimate of drug-likeness (QED) is 0.658. The van der Waals surface area contributed by atoms with Gasteiger partial charge in [-0.15, -0.1) is 0 Å². The first-order valence-electron chi connectivity index (χ1n) is 8.60. The fraction of sp³-hybridized carbons (Fsp3) is 0.316. The Labute approximate surface area is 151 Å². The van der Waals surface area contributed by atoms with Crippen molar-refractivity contribution in [3.63, 3.8) is 0 Å². The third-order valence-electron chi connectivity index (χ3n) is 4.31. The van der Waals surface area contributed by atoms with E-state index in [1.807, 2.05) is 24.3 Å². The Morgan fingerprint density at radius 1 is 1.12 bits per heavy atom. The van der Waals surface area contributed by atoms with Crippen LogP contribution in [0.4, 0.5) is 5.69 Å². The Morgan fingerprint density at radius 3 is 2.73 bits per heavy atom. The standard InChI is InChI=1S/C19H21N3O4/c23-17(20-9-10-21-19(25)16-6-3-11-26-16)8-7-14-12-13-4-1-2-5-15(13)22-18(14)24/h1-6,11,14H,7-10,12H2,(H,20,23)(H,21,25)(H,22,24). The van der Waals surface area contributed by atoms with Crippen LogP contribution in [0.25, 0.3) is 0 Å². The van der Waals surface area contributed by atoms with Crippen molar-refractivity contribution in [3.8, 4) is 0 Å². The van der Waals surface area contributed by atoms with Crippen molar-refractivity contribution in [1.29, 1.82) is 0 Å². The van der Waals surface area contributed by atoms with Crippen LogP contribution in [0, 0.1) is 5.92 Å². The zero-order valence-electron chi connectivity index (χ0n) is 14.3. The molecule has 3 amide bonds. The number of fused-ring (bicyclic) bond motifs is 1. The molecule has 0 spiro atoms. The third kappa shape index (κ3) is 4.50. The zero-order valence-corrected chi connectivity index (χ0v) is 14.3. The highest BCUT2D eigenvalue weighted by Gasteiger charge is 2.26. The molecule has 3 rings (SSSR count). The molecule has 7 nitrogen and oxygen atoms in total. The van der Waals surface area contributed by atoms with Crippen molar-refractivity contribution in [2.45, 2.75) is 19.3 Å². The van der Waals surface area contributed by atoms with Gasteiger partial charge in [0.2, 0.25) is 11.8 Å². The number of furan rings is 1. The number of nitrogens with one attached hydrogen (secondary N) is 3. The highest BCUT2D eigenvalue weighted by molar-refractivity contribution is 5.96. The van der Waals surface area contributed by atoms with Gasteiger partial charge in [0.15, 0.2) is 5.76 Å². The summed E-state index contributed by atoms with van der Waals surface area (Å²) in [6, 6.07) is 10.9. The Morgan fingerprint density at radius 2 is 1.92 bits per heavy atom. The average molecular weight is 355 g/mol. The Bertz CT molecular complexity index is 786. The van der Waals surface area contributed by atoms with E-state index in [4.69, 9.17) is 4.42 Å². The molecule has 7 heteroatoms. The Kier molecular flexibility index (Phi) is 5.68. The Hall–Kier alpha value is -3.09.